The number of aromatic nitrogens is 3. The van der Waals surface area contributed by atoms with Crippen LogP contribution in [0, 0.1) is 0 Å². The maximum absolute atomic E-state index is 12.8. The summed E-state index contributed by atoms with van der Waals surface area (Å²) in [5.74, 6) is 0.525. The molecule has 1 saturated heterocycles. The second-order valence-corrected chi connectivity index (χ2v) is 8.09. The molecule has 0 bridgehead atoms. The standard InChI is InChI=1S/C21H20F3N5OS/c22-21(23,24)14-3-1-12(2-4-14)17-11-31-20(28-17)15(10-25)19-27-16(9-18(30)29-19)13-5-7-26-8-6-13/h1-4,9-11,13,26H,5-8,25H2,(H,27,29,30). The summed E-state index contributed by atoms with van der Waals surface area (Å²) in [7, 11) is 0. The van der Waals surface area contributed by atoms with Crippen LogP contribution in [0.5, 0.6) is 0 Å². The molecule has 0 aliphatic carbocycles. The van der Waals surface area contributed by atoms with Gasteiger partial charge in [0.25, 0.3) is 5.56 Å². The Kier molecular flexibility index (Phi) is 5.92. The summed E-state index contributed by atoms with van der Waals surface area (Å²) in [6, 6.07) is 6.32. The fraction of sp³-hybridized carbons (Fsp3) is 0.286. The van der Waals surface area contributed by atoms with E-state index in [0.29, 0.717) is 27.7 Å². The molecule has 10 heteroatoms. The maximum atomic E-state index is 12.8. The quantitative estimate of drug-likeness (QED) is 0.566. The van der Waals surface area contributed by atoms with Crippen molar-refractivity contribution in [2.45, 2.75) is 24.9 Å². The summed E-state index contributed by atoms with van der Waals surface area (Å²) in [5.41, 5.74) is 7.12. The third kappa shape index (κ3) is 4.70. The Labute approximate surface area is 180 Å². The third-order valence-corrected chi connectivity index (χ3v) is 6.06. The van der Waals surface area contributed by atoms with Gasteiger partial charge in [0.05, 0.1) is 22.5 Å². The van der Waals surface area contributed by atoms with Gasteiger partial charge < -0.3 is 16.0 Å². The molecule has 3 heterocycles. The highest BCUT2D eigenvalue weighted by atomic mass is 32.1. The van der Waals surface area contributed by atoms with Gasteiger partial charge in [-0.1, -0.05) is 12.1 Å². The van der Waals surface area contributed by atoms with E-state index in [1.807, 2.05) is 0 Å². The van der Waals surface area contributed by atoms with Gasteiger partial charge >= 0.3 is 6.18 Å². The number of hydrogen-bond acceptors (Lipinski definition) is 6. The van der Waals surface area contributed by atoms with Crippen molar-refractivity contribution in [3.63, 3.8) is 0 Å². The number of halogens is 3. The number of nitrogens with zero attached hydrogens (tertiary/aromatic N) is 2. The van der Waals surface area contributed by atoms with Gasteiger partial charge in [-0.05, 0) is 38.1 Å². The number of thiazole rings is 1. The van der Waals surface area contributed by atoms with Gasteiger partial charge in [-0.2, -0.15) is 13.2 Å². The fourth-order valence-electron chi connectivity index (χ4n) is 3.54. The van der Waals surface area contributed by atoms with Crippen molar-refractivity contribution >= 4 is 16.9 Å². The minimum atomic E-state index is -4.39. The lowest BCUT2D eigenvalue weighted by molar-refractivity contribution is -0.137. The summed E-state index contributed by atoms with van der Waals surface area (Å²) in [5, 5.41) is 5.54. The van der Waals surface area contributed by atoms with Crippen LogP contribution in [0.4, 0.5) is 13.2 Å². The van der Waals surface area contributed by atoms with E-state index in [0.717, 1.165) is 43.8 Å². The van der Waals surface area contributed by atoms with Gasteiger partial charge in [-0.15, -0.1) is 11.3 Å². The lowest BCUT2D eigenvalue weighted by atomic mass is 9.94. The number of alkyl halides is 3. The Hall–Kier alpha value is -2.98. The molecule has 6 nitrogen and oxygen atoms in total. The molecule has 3 aromatic rings. The van der Waals surface area contributed by atoms with Gasteiger partial charge in [0.15, 0.2) is 0 Å². The highest BCUT2D eigenvalue weighted by Gasteiger charge is 2.30. The average Bonchev–Trinajstić information content (AvgIpc) is 3.24. The van der Waals surface area contributed by atoms with Gasteiger partial charge in [-0.3, -0.25) is 4.79 Å². The molecule has 1 fully saturated rings. The minimum Gasteiger partial charge on any atom is -0.404 e. The molecular weight excluding hydrogens is 427 g/mol. The van der Waals surface area contributed by atoms with Crippen molar-refractivity contribution in [1.82, 2.24) is 20.3 Å². The van der Waals surface area contributed by atoms with Crippen LogP contribution in [0.2, 0.25) is 0 Å². The zero-order chi connectivity index (χ0) is 22.0. The van der Waals surface area contributed by atoms with Crippen molar-refractivity contribution in [3.05, 3.63) is 74.4 Å². The molecule has 2 aromatic heterocycles. The van der Waals surface area contributed by atoms with E-state index in [9.17, 15) is 18.0 Å². The summed E-state index contributed by atoms with van der Waals surface area (Å²) >= 11 is 1.28. The van der Waals surface area contributed by atoms with Crippen LogP contribution >= 0.6 is 11.3 Å². The number of H-pyrrole nitrogens is 1. The second-order valence-electron chi connectivity index (χ2n) is 7.24. The summed E-state index contributed by atoms with van der Waals surface area (Å²) in [6.45, 7) is 1.74. The van der Waals surface area contributed by atoms with Crippen LogP contribution in [-0.4, -0.2) is 28.0 Å². The molecule has 162 valence electrons. The maximum Gasteiger partial charge on any atom is 0.416 e. The molecule has 0 spiro atoms. The molecule has 4 N–H and O–H groups in total. The van der Waals surface area contributed by atoms with E-state index in [-0.39, 0.29) is 11.5 Å². The van der Waals surface area contributed by atoms with Crippen LogP contribution in [0.1, 0.15) is 40.8 Å². The van der Waals surface area contributed by atoms with Crippen molar-refractivity contribution in [2.24, 2.45) is 5.73 Å². The second kappa shape index (κ2) is 8.64. The molecule has 1 aliphatic heterocycles. The minimum absolute atomic E-state index is 0.195. The van der Waals surface area contributed by atoms with Gasteiger partial charge in [0.1, 0.15) is 10.8 Å². The van der Waals surface area contributed by atoms with E-state index in [1.54, 1.807) is 5.38 Å². The third-order valence-electron chi connectivity index (χ3n) is 5.18. The zero-order valence-electron chi connectivity index (χ0n) is 16.4. The first kappa shape index (κ1) is 21.3. The molecule has 0 saturated carbocycles. The van der Waals surface area contributed by atoms with Crippen LogP contribution in [-0.2, 0) is 6.18 Å². The number of nitrogens with one attached hydrogen (secondary N) is 2. The van der Waals surface area contributed by atoms with Crippen LogP contribution in [0.3, 0.4) is 0 Å². The number of nitrogens with two attached hydrogens (primary N) is 1. The van der Waals surface area contributed by atoms with Crippen LogP contribution in [0.15, 0.2) is 46.7 Å². The van der Waals surface area contributed by atoms with E-state index in [1.165, 1.54) is 35.7 Å². The molecule has 0 unspecified atom stereocenters. The first-order valence-corrected chi connectivity index (χ1v) is 10.6. The topological polar surface area (TPSA) is 96.7 Å². The van der Waals surface area contributed by atoms with E-state index in [2.05, 4.69) is 20.3 Å². The van der Waals surface area contributed by atoms with Crippen molar-refractivity contribution < 1.29 is 13.2 Å². The Bertz CT molecular complexity index is 1140. The highest BCUT2D eigenvalue weighted by Crippen LogP contribution is 2.33. The van der Waals surface area contributed by atoms with Gasteiger partial charge in [-0.25, -0.2) is 9.97 Å². The Morgan fingerprint density at radius 1 is 1.16 bits per heavy atom. The number of rotatable bonds is 4. The van der Waals surface area contributed by atoms with Crippen molar-refractivity contribution in [2.75, 3.05) is 13.1 Å². The number of benzene rings is 1. The normalized spacial score (nSPS) is 15.9. The highest BCUT2D eigenvalue weighted by molar-refractivity contribution is 7.11. The molecule has 1 aliphatic rings. The summed E-state index contributed by atoms with van der Waals surface area (Å²) in [4.78, 5) is 24.1. The molecule has 0 amide bonds. The molecular formula is C21H20F3N5OS. The Morgan fingerprint density at radius 3 is 2.52 bits per heavy atom. The zero-order valence-corrected chi connectivity index (χ0v) is 17.2. The predicted octanol–water partition coefficient (Wildman–Crippen LogP) is 3.73. The molecule has 1 aromatic carbocycles. The monoisotopic (exact) mass is 447 g/mol. The van der Waals surface area contributed by atoms with E-state index >= 15 is 0 Å². The fourth-order valence-corrected chi connectivity index (χ4v) is 4.40. The van der Waals surface area contributed by atoms with E-state index in [4.69, 9.17) is 5.73 Å². The smallest absolute Gasteiger partial charge is 0.404 e. The van der Waals surface area contributed by atoms with Gasteiger partial charge in [0, 0.05) is 29.1 Å². The van der Waals surface area contributed by atoms with Crippen molar-refractivity contribution in [3.8, 4) is 11.3 Å². The average molecular weight is 447 g/mol. The lowest BCUT2D eigenvalue weighted by Crippen LogP contribution is -2.28. The summed E-state index contributed by atoms with van der Waals surface area (Å²) < 4.78 is 38.4. The molecule has 4 rings (SSSR count). The van der Waals surface area contributed by atoms with Crippen LogP contribution in [0.25, 0.3) is 16.8 Å². The lowest BCUT2D eigenvalue weighted by Gasteiger charge is -2.22. The largest absolute Gasteiger partial charge is 0.416 e. The van der Waals surface area contributed by atoms with Gasteiger partial charge in [0.2, 0.25) is 0 Å². The van der Waals surface area contributed by atoms with Crippen LogP contribution < -0.4 is 16.6 Å². The molecule has 0 atom stereocenters. The number of hydrogen-bond donors (Lipinski definition) is 3. The predicted molar refractivity (Wildman–Crippen MR) is 114 cm³/mol. The first-order valence-electron chi connectivity index (χ1n) is 9.73. The SMILES string of the molecule is NC=C(c1nc(C2CCNCC2)cc(=O)[nH]1)c1nc(-c2ccc(C(F)(F)F)cc2)cs1. The van der Waals surface area contributed by atoms with E-state index < -0.39 is 11.7 Å². The molecule has 31 heavy (non-hydrogen) atoms. The van der Waals surface area contributed by atoms with Crippen molar-refractivity contribution in [1.29, 1.82) is 0 Å². The number of aromatic amines is 1. The number of piperidine rings is 1. The Balaban J connectivity index is 1.63. The first-order chi connectivity index (χ1) is 14.8. The molecule has 0 radical (unpaired) electrons. The summed E-state index contributed by atoms with van der Waals surface area (Å²) in [6.07, 6.45) is -1.27. The Morgan fingerprint density at radius 2 is 1.87 bits per heavy atom.